The van der Waals surface area contributed by atoms with E-state index in [4.69, 9.17) is 9.84 Å². The van der Waals surface area contributed by atoms with Gasteiger partial charge in [0.2, 0.25) is 5.91 Å². The van der Waals surface area contributed by atoms with E-state index in [2.05, 4.69) is 0 Å². The lowest BCUT2D eigenvalue weighted by molar-refractivity contribution is -0.139. The van der Waals surface area contributed by atoms with Crippen LogP contribution in [0.2, 0.25) is 0 Å². The van der Waals surface area contributed by atoms with Gasteiger partial charge in [-0.15, -0.1) is 0 Å². The summed E-state index contributed by atoms with van der Waals surface area (Å²) in [6.45, 7) is 0.456. The Hall–Kier alpha value is -2.40. The minimum absolute atomic E-state index is 0.0405. The molecule has 1 saturated heterocycles. The molecule has 5 nitrogen and oxygen atoms in total. The first kappa shape index (κ1) is 16.5. The molecule has 2 aromatic carbocycles. The third-order valence-corrected chi connectivity index (χ3v) is 4.66. The van der Waals surface area contributed by atoms with Crippen molar-refractivity contribution in [2.45, 2.75) is 31.4 Å². The number of aliphatic carboxylic acids is 1. The monoisotopic (exact) mass is 327 g/mol. The van der Waals surface area contributed by atoms with E-state index in [1.54, 1.807) is 12.0 Å². The van der Waals surface area contributed by atoms with Gasteiger partial charge in [0.25, 0.3) is 0 Å². The molecule has 3 rings (SSSR count). The Morgan fingerprint density at radius 2 is 1.96 bits per heavy atom. The zero-order valence-electron chi connectivity index (χ0n) is 13.6. The van der Waals surface area contributed by atoms with Crippen LogP contribution in [-0.2, 0) is 20.7 Å². The summed E-state index contributed by atoms with van der Waals surface area (Å²) in [6.07, 6.45) is 0.713. The second-order valence-electron chi connectivity index (χ2n) is 6.21. The van der Waals surface area contributed by atoms with Crippen LogP contribution in [0.15, 0.2) is 42.5 Å². The number of fused-ring (bicyclic) bond motifs is 1. The largest absolute Gasteiger partial charge is 0.481 e. The Morgan fingerprint density at radius 3 is 2.71 bits per heavy atom. The molecule has 2 aromatic rings. The summed E-state index contributed by atoms with van der Waals surface area (Å²) in [5.74, 6) is -0.933. The number of ether oxygens (including phenoxy) is 1. The molecule has 5 heteroatoms. The van der Waals surface area contributed by atoms with Crippen LogP contribution < -0.4 is 0 Å². The first-order chi connectivity index (χ1) is 11.6. The molecule has 1 N–H and O–H groups in total. The Bertz CT molecular complexity index is 753. The van der Waals surface area contributed by atoms with Gasteiger partial charge in [-0.1, -0.05) is 42.5 Å². The number of methoxy groups -OCH3 is 1. The number of carboxylic acid groups (broad SMARTS) is 1. The van der Waals surface area contributed by atoms with Crippen molar-refractivity contribution >= 4 is 22.6 Å². The highest BCUT2D eigenvalue weighted by atomic mass is 16.5. The third-order valence-electron chi connectivity index (χ3n) is 4.66. The average Bonchev–Trinajstić information content (AvgIpc) is 2.97. The number of carbonyl (C=O) groups is 2. The average molecular weight is 327 g/mol. The Morgan fingerprint density at radius 1 is 1.21 bits per heavy atom. The van der Waals surface area contributed by atoms with Crippen LogP contribution in [0.4, 0.5) is 0 Å². The lowest BCUT2D eigenvalue weighted by Crippen LogP contribution is -2.38. The molecular formula is C19H21NO4. The number of nitrogens with zero attached hydrogens (tertiary/aromatic N) is 1. The van der Waals surface area contributed by atoms with Crippen LogP contribution in [0.3, 0.4) is 0 Å². The fourth-order valence-corrected chi connectivity index (χ4v) is 3.46. The number of hydrogen-bond acceptors (Lipinski definition) is 3. The number of likely N-dealkylation sites (tertiary alicyclic amines) is 1. The summed E-state index contributed by atoms with van der Waals surface area (Å²) in [6, 6.07) is 13.6. The molecule has 0 spiro atoms. The number of benzene rings is 2. The quantitative estimate of drug-likeness (QED) is 0.916. The molecule has 1 amide bonds. The zero-order valence-corrected chi connectivity index (χ0v) is 13.6. The van der Waals surface area contributed by atoms with E-state index < -0.39 is 5.97 Å². The van der Waals surface area contributed by atoms with Gasteiger partial charge in [-0.2, -0.15) is 0 Å². The van der Waals surface area contributed by atoms with Gasteiger partial charge in [-0.3, -0.25) is 9.59 Å². The van der Waals surface area contributed by atoms with Gasteiger partial charge in [0.15, 0.2) is 0 Å². The fourth-order valence-electron chi connectivity index (χ4n) is 3.46. The third kappa shape index (κ3) is 3.41. The molecule has 1 aliphatic heterocycles. The summed E-state index contributed by atoms with van der Waals surface area (Å²) in [5.41, 5.74) is 0.966. The SMILES string of the molecule is COC1CC(CC(=O)O)N(C(=O)Cc2cccc3ccccc23)C1. The van der Waals surface area contributed by atoms with Crippen LogP contribution in [0, 0.1) is 0 Å². The van der Waals surface area contributed by atoms with Crippen molar-refractivity contribution in [1.82, 2.24) is 4.90 Å². The number of hydrogen-bond donors (Lipinski definition) is 1. The second kappa shape index (κ2) is 7.01. The molecule has 0 radical (unpaired) electrons. The highest BCUT2D eigenvalue weighted by Gasteiger charge is 2.36. The van der Waals surface area contributed by atoms with E-state index in [0.717, 1.165) is 16.3 Å². The summed E-state index contributed by atoms with van der Waals surface area (Å²) < 4.78 is 5.34. The summed E-state index contributed by atoms with van der Waals surface area (Å²) >= 11 is 0. The maximum Gasteiger partial charge on any atom is 0.305 e. The van der Waals surface area contributed by atoms with Gasteiger partial charge in [-0.25, -0.2) is 0 Å². The van der Waals surface area contributed by atoms with Crippen molar-refractivity contribution in [2.75, 3.05) is 13.7 Å². The van der Waals surface area contributed by atoms with Gasteiger partial charge in [0, 0.05) is 19.7 Å². The molecule has 2 atom stereocenters. The van der Waals surface area contributed by atoms with Gasteiger partial charge < -0.3 is 14.7 Å². The van der Waals surface area contributed by atoms with Crippen molar-refractivity contribution in [2.24, 2.45) is 0 Å². The summed E-state index contributed by atoms with van der Waals surface area (Å²) in [7, 11) is 1.60. The minimum Gasteiger partial charge on any atom is -0.481 e. The van der Waals surface area contributed by atoms with Crippen LogP contribution >= 0.6 is 0 Å². The van der Waals surface area contributed by atoms with E-state index in [0.29, 0.717) is 13.0 Å². The second-order valence-corrected chi connectivity index (χ2v) is 6.21. The van der Waals surface area contributed by atoms with Gasteiger partial charge in [-0.05, 0) is 22.8 Å². The van der Waals surface area contributed by atoms with Crippen molar-refractivity contribution in [3.63, 3.8) is 0 Å². The molecule has 2 unspecified atom stereocenters. The predicted octanol–water partition coefficient (Wildman–Crippen LogP) is 2.47. The first-order valence-electron chi connectivity index (χ1n) is 8.09. The lowest BCUT2D eigenvalue weighted by Gasteiger charge is -2.23. The highest BCUT2D eigenvalue weighted by Crippen LogP contribution is 2.25. The molecule has 1 fully saturated rings. The molecule has 0 saturated carbocycles. The highest BCUT2D eigenvalue weighted by molar-refractivity contribution is 5.90. The van der Waals surface area contributed by atoms with Crippen molar-refractivity contribution in [3.8, 4) is 0 Å². The maximum absolute atomic E-state index is 12.8. The molecule has 0 aromatic heterocycles. The zero-order chi connectivity index (χ0) is 17.1. The van der Waals surface area contributed by atoms with Crippen molar-refractivity contribution in [3.05, 3.63) is 48.0 Å². The Balaban J connectivity index is 1.81. The van der Waals surface area contributed by atoms with E-state index >= 15 is 0 Å². The summed E-state index contributed by atoms with van der Waals surface area (Å²) in [5, 5.41) is 11.2. The molecule has 0 aliphatic carbocycles. The van der Waals surface area contributed by atoms with Crippen LogP contribution in [0.5, 0.6) is 0 Å². The Labute approximate surface area is 140 Å². The smallest absolute Gasteiger partial charge is 0.305 e. The summed E-state index contributed by atoms with van der Waals surface area (Å²) in [4.78, 5) is 25.5. The topological polar surface area (TPSA) is 66.8 Å². The van der Waals surface area contributed by atoms with Gasteiger partial charge >= 0.3 is 5.97 Å². The van der Waals surface area contributed by atoms with Gasteiger partial charge in [0.1, 0.15) is 0 Å². The van der Waals surface area contributed by atoms with Crippen LogP contribution in [0.25, 0.3) is 10.8 Å². The van der Waals surface area contributed by atoms with Gasteiger partial charge in [0.05, 0.1) is 18.9 Å². The number of amides is 1. The van der Waals surface area contributed by atoms with E-state index in [-0.39, 0.29) is 30.9 Å². The van der Waals surface area contributed by atoms with Crippen molar-refractivity contribution in [1.29, 1.82) is 0 Å². The molecule has 24 heavy (non-hydrogen) atoms. The van der Waals surface area contributed by atoms with Crippen LogP contribution in [0.1, 0.15) is 18.4 Å². The minimum atomic E-state index is -0.889. The normalized spacial score (nSPS) is 20.5. The van der Waals surface area contributed by atoms with E-state index in [1.807, 2.05) is 42.5 Å². The molecule has 126 valence electrons. The van der Waals surface area contributed by atoms with E-state index in [9.17, 15) is 9.59 Å². The molecule has 0 bridgehead atoms. The molecule has 1 aliphatic rings. The molecule has 1 heterocycles. The number of carbonyl (C=O) groups excluding carboxylic acids is 1. The fraction of sp³-hybridized carbons (Fsp3) is 0.368. The first-order valence-corrected chi connectivity index (χ1v) is 8.09. The van der Waals surface area contributed by atoms with Crippen molar-refractivity contribution < 1.29 is 19.4 Å². The number of rotatable bonds is 5. The molecular weight excluding hydrogens is 306 g/mol. The number of carboxylic acids is 1. The maximum atomic E-state index is 12.8. The van der Waals surface area contributed by atoms with E-state index in [1.165, 1.54) is 0 Å². The lowest BCUT2D eigenvalue weighted by atomic mass is 10.0. The Kier molecular flexibility index (Phi) is 4.81. The predicted molar refractivity (Wildman–Crippen MR) is 90.8 cm³/mol. The standard InChI is InChI=1S/C19H21NO4/c1-24-16-10-15(11-19(22)23)20(12-16)18(21)9-14-7-4-6-13-5-2-3-8-17(13)14/h2-8,15-16H,9-12H2,1H3,(H,22,23). The van der Waals surface area contributed by atoms with Crippen LogP contribution in [-0.4, -0.2) is 47.7 Å².